The average molecular weight is 367 g/mol. The molecular formula is C21H21NO5. The van der Waals surface area contributed by atoms with Gasteiger partial charge in [0.2, 0.25) is 0 Å². The highest BCUT2D eigenvalue weighted by molar-refractivity contribution is 6.29. The van der Waals surface area contributed by atoms with Gasteiger partial charge in [-0.05, 0) is 44.2 Å². The number of hydrogen-bond donors (Lipinski definition) is 0. The van der Waals surface area contributed by atoms with Crippen LogP contribution < -0.4 is 9.47 Å². The van der Waals surface area contributed by atoms with Gasteiger partial charge in [0.05, 0.1) is 19.8 Å². The zero-order valence-corrected chi connectivity index (χ0v) is 15.8. The van der Waals surface area contributed by atoms with E-state index >= 15 is 0 Å². The summed E-state index contributed by atoms with van der Waals surface area (Å²) in [6.07, 6.45) is 0. The lowest BCUT2D eigenvalue weighted by Gasteiger charge is -2.23. The van der Waals surface area contributed by atoms with Crippen molar-refractivity contribution in [2.45, 2.75) is 13.8 Å². The largest absolute Gasteiger partial charge is 0.497 e. The van der Waals surface area contributed by atoms with Crippen molar-refractivity contribution in [2.24, 2.45) is 0 Å². The van der Waals surface area contributed by atoms with Crippen molar-refractivity contribution in [1.29, 1.82) is 0 Å². The smallest absolute Gasteiger partial charge is 0.253 e. The number of carbonyl (C=O) groups is 3. The molecule has 0 heterocycles. The minimum Gasteiger partial charge on any atom is -0.497 e. The minimum atomic E-state index is -0.322. The van der Waals surface area contributed by atoms with Gasteiger partial charge in [-0.2, -0.15) is 0 Å². The Bertz CT molecular complexity index is 944. The Morgan fingerprint density at radius 3 is 2.19 bits per heavy atom. The molecule has 3 rings (SSSR count). The standard InChI is InChI=1S/C21H21NO5/c1-5-22(6-2)21(25)12-9-16-18(17(10-12)27-4)20(24)15-11-13(26-3)7-8-14(15)19(16)23/h7-11H,5-6H2,1-4H3. The molecule has 2 aromatic carbocycles. The minimum absolute atomic E-state index is 0.180. The zero-order chi connectivity index (χ0) is 19.7. The molecule has 1 aliphatic rings. The third-order valence-electron chi connectivity index (χ3n) is 4.81. The first kappa shape index (κ1) is 18.6. The molecule has 6 heteroatoms. The fourth-order valence-corrected chi connectivity index (χ4v) is 3.32. The summed E-state index contributed by atoms with van der Waals surface area (Å²) >= 11 is 0. The molecule has 0 atom stereocenters. The number of benzene rings is 2. The van der Waals surface area contributed by atoms with Crippen LogP contribution in [0.25, 0.3) is 0 Å². The summed E-state index contributed by atoms with van der Waals surface area (Å²) in [6, 6.07) is 7.77. The van der Waals surface area contributed by atoms with Gasteiger partial charge in [-0.3, -0.25) is 14.4 Å². The highest BCUT2D eigenvalue weighted by Crippen LogP contribution is 2.36. The van der Waals surface area contributed by atoms with Gasteiger partial charge >= 0.3 is 0 Å². The van der Waals surface area contributed by atoms with Crippen LogP contribution in [0.15, 0.2) is 30.3 Å². The lowest BCUT2D eigenvalue weighted by molar-refractivity contribution is 0.0772. The maximum Gasteiger partial charge on any atom is 0.253 e. The molecule has 0 aliphatic heterocycles. The van der Waals surface area contributed by atoms with Gasteiger partial charge < -0.3 is 14.4 Å². The van der Waals surface area contributed by atoms with Crippen LogP contribution in [-0.2, 0) is 0 Å². The van der Waals surface area contributed by atoms with Gasteiger partial charge in [-0.15, -0.1) is 0 Å². The molecule has 0 saturated carbocycles. The van der Waals surface area contributed by atoms with E-state index in [0.717, 1.165) is 0 Å². The first-order valence-electron chi connectivity index (χ1n) is 8.75. The lowest BCUT2D eigenvalue weighted by atomic mass is 9.82. The number of hydrogen-bond acceptors (Lipinski definition) is 5. The number of methoxy groups -OCH3 is 2. The molecule has 0 radical (unpaired) electrons. The highest BCUT2D eigenvalue weighted by atomic mass is 16.5. The van der Waals surface area contributed by atoms with Crippen molar-refractivity contribution >= 4 is 17.5 Å². The monoisotopic (exact) mass is 367 g/mol. The number of ether oxygens (including phenoxy) is 2. The fraction of sp³-hybridized carbons (Fsp3) is 0.286. The molecule has 0 N–H and O–H groups in total. The van der Waals surface area contributed by atoms with Crippen LogP contribution in [-0.4, -0.2) is 49.7 Å². The first-order chi connectivity index (χ1) is 13.0. The van der Waals surface area contributed by atoms with Gasteiger partial charge in [-0.1, -0.05) is 0 Å². The summed E-state index contributed by atoms with van der Waals surface area (Å²) in [6.45, 7) is 4.86. The predicted molar refractivity (Wildman–Crippen MR) is 100 cm³/mol. The number of amides is 1. The van der Waals surface area contributed by atoms with E-state index in [1.54, 1.807) is 23.1 Å². The molecule has 2 aromatic rings. The van der Waals surface area contributed by atoms with E-state index in [1.807, 2.05) is 13.8 Å². The zero-order valence-electron chi connectivity index (χ0n) is 15.8. The highest BCUT2D eigenvalue weighted by Gasteiger charge is 2.34. The van der Waals surface area contributed by atoms with Crippen LogP contribution in [0.4, 0.5) is 0 Å². The van der Waals surface area contributed by atoms with Gasteiger partial charge in [0, 0.05) is 35.3 Å². The molecule has 27 heavy (non-hydrogen) atoms. The van der Waals surface area contributed by atoms with Gasteiger partial charge in [0.25, 0.3) is 5.91 Å². The van der Waals surface area contributed by atoms with Crippen LogP contribution >= 0.6 is 0 Å². The second-order valence-corrected chi connectivity index (χ2v) is 6.15. The topological polar surface area (TPSA) is 72.9 Å². The molecule has 0 aromatic heterocycles. The van der Waals surface area contributed by atoms with Crippen LogP contribution in [0.1, 0.15) is 56.0 Å². The van der Waals surface area contributed by atoms with Crippen molar-refractivity contribution in [2.75, 3.05) is 27.3 Å². The van der Waals surface area contributed by atoms with Gasteiger partial charge in [0.1, 0.15) is 11.5 Å². The summed E-state index contributed by atoms with van der Waals surface area (Å²) in [5.74, 6) is -0.130. The van der Waals surface area contributed by atoms with Crippen LogP contribution in [0.5, 0.6) is 11.5 Å². The molecule has 0 fully saturated rings. The Kier molecular flexibility index (Phi) is 4.99. The van der Waals surface area contributed by atoms with Crippen LogP contribution in [0, 0.1) is 0 Å². The molecule has 140 valence electrons. The Morgan fingerprint density at radius 1 is 0.889 bits per heavy atom. The number of nitrogens with zero attached hydrogens (tertiary/aromatic N) is 1. The maximum atomic E-state index is 13.0. The third kappa shape index (κ3) is 2.97. The average Bonchev–Trinajstić information content (AvgIpc) is 2.71. The number of fused-ring (bicyclic) bond motifs is 2. The van der Waals surface area contributed by atoms with Crippen molar-refractivity contribution < 1.29 is 23.9 Å². The van der Waals surface area contributed by atoms with Gasteiger partial charge in [-0.25, -0.2) is 0 Å². The quantitative estimate of drug-likeness (QED) is 0.693. The molecule has 1 aliphatic carbocycles. The Morgan fingerprint density at radius 2 is 1.59 bits per heavy atom. The summed E-state index contributed by atoms with van der Waals surface area (Å²) in [7, 11) is 2.91. The number of carbonyl (C=O) groups excluding carboxylic acids is 3. The van der Waals surface area contributed by atoms with E-state index < -0.39 is 0 Å². The summed E-state index contributed by atoms with van der Waals surface area (Å²) in [5, 5.41) is 0. The molecule has 0 saturated heterocycles. The predicted octanol–water partition coefficient (Wildman–Crippen LogP) is 2.96. The second kappa shape index (κ2) is 7.23. The molecule has 1 amide bonds. The Balaban J connectivity index is 2.19. The number of rotatable bonds is 5. The van der Waals surface area contributed by atoms with Gasteiger partial charge in [0.15, 0.2) is 11.6 Å². The molecule has 0 bridgehead atoms. The second-order valence-electron chi connectivity index (χ2n) is 6.15. The van der Waals surface area contributed by atoms with E-state index in [-0.39, 0.29) is 39.9 Å². The normalized spacial score (nSPS) is 12.3. The third-order valence-corrected chi connectivity index (χ3v) is 4.81. The van der Waals surface area contributed by atoms with Crippen molar-refractivity contribution in [3.8, 4) is 11.5 Å². The first-order valence-corrected chi connectivity index (χ1v) is 8.75. The van der Waals surface area contributed by atoms with E-state index in [9.17, 15) is 14.4 Å². The van der Waals surface area contributed by atoms with Crippen LogP contribution in [0.3, 0.4) is 0 Å². The molecule has 6 nitrogen and oxygen atoms in total. The molecular weight excluding hydrogens is 346 g/mol. The maximum absolute atomic E-state index is 13.0. The van der Waals surface area contributed by atoms with Crippen LogP contribution in [0.2, 0.25) is 0 Å². The molecule has 0 unspecified atom stereocenters. The summed E-state index contributed by atoms with van der Waals surface area (Å²) in [4.78, 5) is 40.5. The van der Waals surface area contributed by atoms with E-state index in [2.05, 4.69) is 0 Å². The summed E-state index contributed by atoms with van der Waals surface area (Å²) in [5.41, 5.74) is 1.26. The lowest BCUT2D eigenvalue weighted by Crippen LogP contribution is -2.31. The van der Waals surface area contributed by atoms with Crippen molar-refractivity contribution in [3.05, 3.63) is 58.1 Å². The SMILES string of the molecule is CCN(CC)C(=O)c1cc(OC)c2c(c1)C(=O)c1ccc(OC)cc1C2=O. The fourth-order valence-electron chi connectivity index (χ4n) is 3.32. The molecule has 0 spiro atoms. The van der Waals surface area contributed by atoms with E-state index in [1.165, 1.54) is 26.4 Å². The summed E-state index contributed by atoms with van der Waals surface area (Å²) < 4.78 is 10.5. The van der Waals surface area contributed by atoms with E-state index in [4.69, 9.17) is 9.47 Å². The van der Waals surface area contributed by atoms with E-state index in [0.29, 0.717) is 30.0 Å². The Labute approximate surface area is 157 Å². The number of ketones is 2. The Hall–Kier alpha value is -3.15. The van der Waals surface area contributed by atoms with Crippen molar-refractivity contribution in [3.63, 3.8) is 0 Å². The van der Waals surface area contributed by atoms with Crippen molar-refractivity contribution in [1.82, 2.24) is 4.90 Å².